The highest BCUT2D eigenvalue weighted by Crippen LogP contribution is 2.20. The van der Waals surface area contributed by atoms with Crippen LogP contribution in [0.2, 0.25) is 0 Å². The summed E-state index contributed by atoms with van der Waals surface area (Å²) < 4.78 is 1.98. The first-order valence-electron chi connectivity index (χ1n) is 9.40. The van der Waals surface area contributed by atoms with Crippen LogP contribution in [0.5, 0.6) is 0 Å². The van der Waals surface area contributed by atoms with E-state index < -0.39 is 0 Å². The van der Waals surface area contributed by atoms with Gasteiger partial charge in [-0.1, -0.05) is 17.8 Å². The topological polar surface area (TPSA) is 63.1 Å². The van der Waals surface area contributed by atoms with Crippen LogP contribution in [0.4, 0.5) is 5.82 Å². The molecule has 0 unspecified atom stereocenters. The standard InChI is InChI=1S/C21H23N5OS/c1-28-21-23-9-12-26(21)18-6-4-5-17(14-18)20(27)24-15-16-7-8-22-19(13-16)25-10-2-3-11-25/h4-9,12-14H,2-3,10-11,15H2,1H3,(H,24,27). The van der Waals surface area contributed by atoms with Crippen molar-refractivity contribution in [3.8, 4) is 5.69 Å². The van der Waals surface area contributed by atoms with E-state index in [1.165, 1.54) is 12.8 Å². The van der Waals surface area contributed by atoms with Gasteiger partial charge in [-0.3, -0.25) is 9.36 Å². The minimum absolute atomic E-state index is 0.0906. The molecule has 0 saturated carbocycles. The molecular weight excluding hydrogens is 370 g/mol. The molecular formula is C21H23N5OS. The van der Waals surface area contributed by atoms with E-state index in [2.05, 4.69) is 26.3 Å². The molecule has 0 bridgehead atoms. The highest BCUT2D eigenvalue weighted by atomic mass is 32.2. The molecule has 3 heterocycles. The second kappa shape index (κ2) is 8.48. The van der Waals surface area contributed by atoms with Crippen molar-refractivity contribution in [3.05, 3.63) is 66.1 Å². The van der Waals surface area contributed by atoms with Crippen LogP contribution in [-0.2, 0) is 6.54 Å². The van der Waals surface area contributed by atoms with E-state index in [9.17, 15) is 4.79 Å². The number of pyridine rings is 1. The quantitative estimate of drug-likeness (QED) is 0.649. The number of thioether (sulfide) groups is 1. The van der Waals surface area contributed by atoms with Gasteiger partial charge >= 0.3 is 0 Å². The maximum Gasteiger partial charge on any atom is 0.251 e. The predicted octanol–water partition coefficient (Wildman–Crippen LogP) is 3.52. The van der Waals surface area contributed by atoms with E-state index in [0.717, 1.165) is 35.3 Å². The Bertz CT molecular complexity index is 965. The Labute approximate surface area is 169 Å². The predicted molar refractivity (Wildman–Crippen MR) is 112 cm³/mol. The van der Waals surface area contributed by atoms with Crippen LogP contribution in [0.1, 0.15) is 28.8 Å². The van der Waals surface area contributed by atoms with Crippen molar-refractivity contribution in [2.45, 2.75) is 24.5 Å². The fourth-order valence-corrected chi connectivity index (χ4v) is 3.94. The van der Waals surface area contributed by atoms with Crippen molar-refractivity contribution in [2.75, 3.05) is 24.2 Å². The first-order chi connectivity index (χ1) is 13.7. The van der Waals surface area contributed by atoms with Crippen LogP contribution in [0.25, 0.3) is 5.69 Å². The summed E-state index contributed by atoms with van der Waals surface area (Å²) in [6.45, 7) is 2.59. The lowest BCUT2D eigenvalue weighted by Gasteiger charge is -2.17. The average Bonchev–Trinajstić information content (AvgIpc) is 3.44. The summed E-state index contributed by atoms with van der Waals surface area (Å²) in [7, 11) is 0. The summed E-state index contributed by atoms with van der Waals surface area (Å²) in [6.07, 6.45) is 9.90. The molecule has 144 valence electrons. The molecule has 0 spiro atoms. The fraction of sp³-hybridized carbons (Fsp3) is 0.286. The van der Waals surface area contributed by atoms with E-state index >= 15 is 0 Å². The number of nitrogens with zero attached hydrogens (tertiary/aromatic N) is 4. The third-order valence-electron chi connectivity index (χ3n) is 4.87. The van der Waals surface area contributed by atoms with Crippen LogP contribution in [0.15, 0.2) is 60.1 Å². The smallest absolute Gasteiger partial charge is 0.251 e. The van der Waals surface area contributed by atoms with Crippen molar-refractivity contribution in [1.29, 1.82) is 0 Å². The van der Waals surface area contributed by atoms with E-state index in [-0.39, 0.29) is 5.91 Å². The van der Waals surface area contributed by atoms with Crippen molar-refractivity contribution >= 4 is 23.5 Å². The largest absolute Gasteiger partial charge is 0.357 e. The van der Waals surface area contributed by atoms with Crippen LogP contribution in [-0.4, -0.2) is 39.8 Å². The second-order valence-electron chi connectivity index (χ2n) is 6.73. The highest BCUT2D eigenvalue weighted by molar-refractivity contribution is 7.98. The lowest BCUT2D eigenvalue weighted by atomic mass is 10.1. The zero-order chi connectivity index (χ0) is 19.3. The number of imidazole rings is 1. The van der Waals surface area contributed by atoms with Crippen molar-refractivity contribution in [1.82, 2.24) is 19.9 Å². The summed E-state index contributed by atoms with van der Waals surface area (Å²) in [6, 6.07) is 11.6. The Hall–Kier alpha value is -2.80. The third kappa shape index (κ3) is 4.04. The van der Waals surface area contributed by atoms with Crippen molar-refractivity contribution in [3.63, 3.8) is 0 Å². The summed E-state index contributed by atoms with van der Waals surface area (Å²) in [5.41, 5.74) is 2.61. The van der Waals surface area contributed by atoms with Crippen LogP contribution < -0.4 is 10.2 Å². The van der Waals surface area contributed by atoms with Gasteiger partial charge in [-0.2, -0.15) is 0 Å². The number of carbonyl (C=O) groups is 1. The molecule has 1 aromatic carbocycles. The minimum atomic E-state index is -0.0906. The molecule has 1 aliphatic heterocycles. The molecule has 1 fully saturated rings. The Morgan fingerprint density at radius 3 is 2.82 bits per heavy atom. The summed E-state index contributed by atoms with van der Waals surface area (Å²) in [4.78, 5) is 23.7. The SMILES string of the molecule is CSc1nccn1-c1cccc(C(=O)NCc2ccnc(N3CCCC3)c2)c1. The normalized spacial score (nSPS) is 13.7. The molecule has 1 saturated heterocycles. The number of benzene rings is 1. The Kier molecular flexibility index (Phi) is 5.62. The molecule has 1 amide bonds. The van der Waals surface area contributed by atoms with E-state index in [1.54, 1.807) is 18.0 Å². The minimum Gasteiger partial charge on any atom is -0.357 e. The van der Waals surface area contributed by atoms with Crippen LogP contribution in [0.3, 0.4) is 0 Å². The molecule has 1 N–H and O–H groups in total. The lowest BCUT2D eigenvalue weighted by molar-refractivity contribution is 0.0951. The number of nitrogens with one attached hydrogen (secondary N) is 1. The van der Waals surface area contributed by atoms with Gasteiger partial charge in [0, 0.05) is 49.5 Å². The fourth-order valence-electron chi connectivity index (χ4n) is 3.41. The van der Waals surface area contributed by atoms with Gasteiger partial charge in [-0.05, 0) is 55.0 Å². The third-order valence-corrected chi connectivity index (χ3v) is 5.54. The molecule has 6 nitrogen and oxygen atoms in total. The molecule has 2 aromatic heterocycles. The van der Waals surface area contributed by atoms with Gasteiger partial charge in [0.25, 0.3) is 5.91 Å². The number of hydrogen-bond acceptors (Lipinski definition) is 5. The van der Waals surface area contributed by atoms with Gasteiger partial charge in [-0.25, -0.2) is 9.97 Å². The molecule has 0 aliphatic carbocycles. The number of hydrogen-bond donors (Lipinski definition) is 1. The Morgan fingerprint density at radius 1 is 1.14 bits per heavy atom. The van der Waals surface area contributed by atoms with Crippen LogP contribution >= 0.6 is 11.8 Å². The number of carbonyl (C=O) groups excluding carboxylic acids is 1. The van der Waals surface area contributed by atoms with Crippen molar-refractivity contribution < 1.29 is 4.79 Å². The monoisotopic (exact) mass is 393 g/mol. The average molecular weight is 394 g/mol. The molecule has 0 radical (unpaired) electrons. The zero-order valence-electron chi connectivity index (χ0n) is 15.8. The van der Waals surface area contributed by atoms with Gasteiger partial charge in [0.15, 0.2) is 5.16 Å². The maximum absolute atomic E-state index is 12.7. The molecule has 4 rings (SSSR count). The number of anilines is 1. The Morgan fingerprint density at radius 2 is 2.00 bits per heavy atom. The second-order valence-corrected chi connectivity index (χ2v) is 7.51. The van der Waals surface area contributed by atoms with Gasteiger partial charge in [-0.15, -0.1) is 0 Å². The Balaban J connectivity index is 1.44. The first kappa shape index (κ1) is 18.6. The number of amides is 1. The van der Waals surface area contributed by atoms with Gasteiger partial charge in [0.2, 0.25) is 0 Å². The molecule has 0 atom stereocenters. The van der Waals surface area contributed by atoms with Crippen LogP contribution in [0, 0.1) is 0 Å². The molecule has 28 heavy (non-hydrogen) atoms. The van der Waals surface area contributed by atoms with Crippen molar-refractivity contribution in [2.24, 2.45) is 0 Å². The molecule has 3 aromatic rings. The first-order valence-corrected chi connectivity index (χ1v) is 10.6. The summed E-state index contributed by atoms with van der Waals surface area (Å²) in [5.74, 6) is 0.906. The molecule has 1 aliphatic rings. The number of aromatic nitrogens is 3. The summed E-state index contributed by atoms with van der Waals surface area (Å²) in [5, 5.41) is 3.91. The van der Waals surface area contributed by atoms with E-state index in [1.807, 2.05) is 53.5 Å². The van der Waals surface area contributed by atoms with E-state index in [0.29, 0.717) is 12.1 Å². The van der Waals surface area contributed by atoms with E-state index in [4.69, 9.17) is 0 Å². The van der Waals surface area contributed by atoms with Gasteiger partial charge in [0.1, 0.15) is 5.82 Å². The highest BCUT2D eigenvalue weighted by Gasteiger charge is 2.14. The summed E-state index contributed by atoms with van der Waals surface area (Å²) >= 11 is 1.57. The maximum atomic E-state index is 12.7. The zero-order valence-corrected chi connectivity index (χ0v) is 16.7. The molecule has 7 heteroatoms. The lowest BCUT2D eigenvalue weighted by Crippen LogP contribution is -2.23. The van der Waals surface area contributed by atoms with Gasteiger partial charge in [0.05, 0.1) is 0 Å². The van der Waals surface area contributed by atoms with Gasteiger partial charge < -0.3 is 10.2 Å². The number of rotatable bonds is 6.